The molecule has 0 aliphatic carbocycles. The second-order valence-corrected chi connectivity index (χ2v) is 7.95. The number of pyridine rings is 1. The second-order valence-electron chi connectivity index (χ2n) is 7.95. The Kier molecular flexibility index (Phi) is 4.23. The molecule has 8 heteroatoms. The van der Waals surface area contributed by atoms with Crippen molar-refractivity contribution in [1.29, 1.82) is 0 Å². The number of nitrogens with one attached hydrogen (secondary N) is 1. The zero-order chi connectivity index (χ0) is 19.1. The molecule has 3 aliphatic rings. The predicted molar refractivity (Wildman–Crippen MR) is 99.0 cm³/mol. The maximum absolute atomic E-state index is 13.1. The fourth-order valence-corrected chi connectivity index (χ4v) is 5.07. The number of halogens is 1. The van der Waals surface area contributed by atoms with Gasteiger partial charge < -0.3 is 15.0 Å². The molecule has 3 fully saturated rings. The highest BCUT2D eigenvalue weighted by Crippen LogP contribution is 2.54. The van der Waals surface area contributed by atoms with E-state index >= 15 is 0 Å². The van der Waals surface area contributed by atoms with E-state index in [-0.39, 0.29) is 23.5 Å². The Balaban J connectivity index is 1.24. The molecule has 1 amide bonds. The van der Waals surface area contributed by atoms with Crippen LogP contribution < -0.4 is 10.2 Å². The number of aromatic nitrogens is 3. The minimum Gasteiger partial charge on any atom is -0.369 e. The van der Waals surface area contributed by atoms with Crippen molar-refractivity contribution in [3.05, 3.63) is 48.3 Å². The molecular formula is C20H22FN5O2. The number of hydrogen-bond acceptors (Lipinski definition) is 6. The number of rotatable bonds is 5. The molecule has 7 nitrogen and oxygen atoms in total. The van der Waals surface area contributed by atoms with Gasteiger partial charge in [0.25, 0.3) is 0 Å². The molecular weight excluding hydrogens is 361 g/mol. The van der Waals surface area contributed by atoms with E-state index in [2.05, 4.69) is 25.2 Å². The highest BCUT2D eigenvalue weighted by molar-refractivity contribution is 5.78. The van der Waals surface area contributed by atoms with E-state index in [1.165, 1.54) is 12.4 Å². The van der Waals surface area contributed by atoms with E-state index in [0.29, 0.717) is 24.8 Å². The first kappa shape index (κ1) is 17.5. The standard InChI is InChI=1S/C20H22FN5O2/c21-14-8-24-19(25-9-14)26-11-16-15(17-3-4-20(16,12-26)28-17)10-23-18(27)6-13-2-1-5-22-7-13/h1-2,5,7-9,15-17H,3-4,6,10-12H2,(H,23,27)/t15-,16+,17+,20+/m0/s1. The van der Waals surface area contributed by atoms with Gasteiger partial charge in [-0.1, -0.05) is 6.07 Å². The van der Waals surface area contributed by atoms with Crippen molar-refractivity contribution in [3.8, 4) is 0 Å². The summed E-state index contributed by atoms with van der Waals surface area (Å²) in [6, 6.07) is 3.74. The minimum absolute atomic E-state index is 0.00143. The Bertz CT molecular complexity index is 865. The molecule has 2 aromatic rings. The first-order valence-electron chi connectivity index (χ1n) is 9.69. The van der Waals surface area contributed by atoms with Crippen molar-refractivity contribution in [2.75, 3.05) is 24.5 Å². The zero-order valence-electron chi connectivity index (χ0n) is 15.4. The van der Waals surface area contributed by atoms with Gasteiger partial charge in [-0.3, -0.25) is 9.78 Å². The lowest BCUT2D eigenvalue weighted by Crippen LogP contribution is -2.42. The number of amides is 1. The van der Waals surface area contributed by atoms with Crippen LogP contribution in [0.2, 0.25) is 0 Å². The predicted octanol–water partition coefficient (Wildman–Crippen LogP) is 1.35. The summed E-state index contributed by atoms with van der Waals surface area (Å²) in [5, 5.41) is 3.08. The number of fused-ring (bicyclic) bond motifs is 1. The van der Waals surface area contributed by atoms with E-state index in [1.54, 1.807) is 12.4 Å². The van der Waals surface area contributed by atoms with Gasteiger partial charge in [0.1, 0.15) is 0 Å². The van der Waals surface area contributed by atoms with Crippen LogP contribution in [-0.4, -0.2) is 52.2 Å². The number of ether oxygens (including phenoxy) is 1. The first-order valence-corrected chi connectivity index (χ1v) is 9.69. The van der Waals surface area contributed by atoms with E-state index in [9.17, 15) is 9.18 Å². The van der Waals surface area contributed by atoms with Crippen LogP contribution in [0.15, 0.2) is 36.9 Å². The molecule has 28 heavy (non-hydrogen) atoms. The lowest BCUT2D eigenvalue weighted by Gasteiger charge is -2.29. The Labute approximate surface area is 162 Å². The van der Waals surface area contributed by atoms with Crippen molar-refractivity contribution in [3.63, 3.8) is 0 Å². The van der Waals surface area contributed by atoms with Crippen molar-refractivity contribution < 1.29 is 13.9 Å². The van der Waals surface area contributed by atoms with Crippen LogP contribution in [0.1, 0.15) is 18.4 Å². The van der Waals surface area contributed by atoms with Crippen molar-refractivity contribution in [2.45, 2.75) is 31.0 Å². The highest BCUT2D eigenvalue weighted by Gasteiger charge is 2.63. The smallest absolute Gasteiger partial charge is 0.225 e. The van der Waals surface area contributed by atoms with Gasteiger partial charge in [0.05, 0.1) is 37.1 Å². The van der Waals surface area contributed by atoms with Gasteiger partial charge in [0.2, 0.25) is 11.9 Å². The molecule has 5 heterocycles. The molecule has 1 spiro atoms. The average Bonchev–Trinajstić information content (AvgIpc) is 3.36. The summed E-state index contributed by atoms with van der Waals surface area (Å²) in [7, 11) is 0. The maximum atomic E-state index is 13.1. The molecule has 0 radical (unpaired) electrons. The molecule has 2 aromatic heterocycles. The van der Waals surface area contributed by atoms with Gasteiger partial charge in [-0.2, -0.15) is 0 Å². The molecule has 146 valence electrons. The summed E-state index contributed by atoms with van der Waals surface area (Å²) in [5.74, 6) is 0.696. The van der Waals surface area contributed by atoms with Gasteiger partial charge in [-0.15, -0.1) is 0 Å². The van der Waals surface area contributed by atoms with Crippen LogP contribution in [0.4, 0.5) is 10.3 Å². The SMILES string of the molecule is O=C(Cc1cccnc1)NC[C@H]1[C@H]2CN(c3ncc(F)cn3)C[C@]23CC[C@H]1O3. The fourth-order valence-electron chi connectivity index (χ4n) is 5.07. The quantitative estimate of drug-likeness (QED) is 0.840. The van der Waals surface area contributed by atoms with Gasteiger partial charge in [-0.05, 0) is 24.5 Å². The summed E-state index contributed by atoms with van der Waals surface area (Å²) in [5.41, 5.74) is 0.711. The molecule has 0 unspecified atom stereocenters. The van der Waals surface area contributed by atoms with E-state index in [1.807, 2.05) is 12.1 Å². The third-order valence-electron chi connectivity index (χ3n) is 6.30. The van der Waals surface area contributed by atoms with Crippen LogP contribution in [0.5, 0.6) is 0 Å². The van der Waals surface area contributed by atoms with Gasteiger partial charge >= 0.3 is 0 Å². The summed E-state index contributed by atoms with van der Waals surface area (Å²) in [4.78, 5) is 26.7. The van der Waals surface area contributed by atoms with Crippen LogP contribution >= 0.6 is 0 Å². The van der Waals surface area contributed by atoms with Crippen molar-refractivity contribution >= 4 is 11.9 Å². The molecule has 3 aliphatic heterocycles. The highest BCUT2D eigenvalue weighted by atomic mass is 19.1. The molecule has 5 rings (SSSR count). The van der Waals surface area contributed by atoms with Crippen molar-refractivity contribution in [1.82, 2.24) is 20.3 Å². The van der Waals surface area contributed by atoms with Gasteiger partial charge in [0.15, 0.2) is 5.82 Å². The van der Waals surface area contributed by atoms with Crippen LogP contribution in [0, 0.1) is 17.7 Å². The van der Waals surface area contributed by atoms with Crippen LogP contribution in [0.3, 0.4) is 0 Å². The number of nitrogens with zero attached hydrogens (tertiary/aromatic N) is 4. The fraction of sp³-hybridized carbons (Fsp3) is 0.500. The lowest BCUT2D eigenvalue weighted by molar-refractivity contribution is -0.120. The van der Waals surface area contributed by atoms with E-state index < -0.39 is 5.82 Å². The number of carbonyl (C=O) groups excluding carboxylic acids is 1. The molecule has 4 atom stereocenters. The molecule has 2 bridgehead atoms. The van der Waals surface area contributed by atoms with Crippen LogP contribution in [0.25, 0.3) is 0 Å². The average molecular weight is 383 g/mol. The summed E-state index contributed by atoms with van der Waals surface area (Å²) in [6.45, 7) is 2.10. The zero-order valence-corrected chi connectivity index (χ0v) is 15.4. The Morgan fingerprint density at radius 2 is 2.21 bits per heavy atom. The topological polar surface area (TPSA) is 80.2 Å². The summed E-state index contributed by atoms with van der Waals surface area (Å²) in [6.07, 6.45) is 8.36. The Morgan fingerprint density at radius 1 is 1.36 bits per heavy atom. The van der Waals surface area contributed by atoms with Crippen LogP contribution in [-0.2, 0) is 16.0 Å². The summed E-state index contributed by atoms with van der Waals surface area (Å²) < 4.78 is 19.5. The lowest BCUT2D eigenvalue weighted by atomic mass is 9.73. The molecule has 0 saturated carbocycles. The first-order chi connectivity index (χ1) is 13.6. The largest absolute Gasteiger partial charge is 0.369 e. The molecule has 1 N–H and O–H groups in total. The molecule has 0 aromatic carbocycles. The van der Waals surface area contributed by atoms with E-state index in [0.717, 1.165) is 31.5 Å². The second kappa shape index (κ2) is 6.77. The maximum Gasteiger partial charge on any atom is 0.225 e. The number of carbonyl (C=O) groups is 1. The van der Waals surface area contributed by atoms with Gasteiger partial charge in [0, 0.05) is 37.3 Å². The third kappa shape index (κ3) is 3.01. The number of hydrogen-bond donors (Lipinski definition) is 1. The van der Waals surface area contributed by atoms with E-state index in [4.69, 9.17) is 4.74 Å². The van der Waals surface area contributed by atoms with Gasteiger partial charge in [-0.25, -0.2) is 14.4 Å². The molecule has 3 saturated heterocycles. The Hall–Kier alpha value is -2.61. The normalized spacial score (nSPS) is 30.5. The number of anilines is 1. The minimum atomic E-state index is -0.437. The Morgan fingerprint density at radius 3 is 3.00 bits per heavy atom. The van der Waals surface area contributed by atoms with Crippen molar-refractivity contribution in [2.24, 2.45) is 11.8 Å². The summed E-state index contributed by atoms with van der Waals surface area (Å²) >= 11 is 0. The third-order valence-corrected chi connectivity index (χ3v) is 6.30. The monoisotopic (exact) mass is 383 g/mol.